The Morgan fingerprint density at radius 3 is 2.45 bits per heavy atom. The summed E-state index contributed by atoms with van der Waals surface area (Å²) in [4.78, 5) is 27.7. The van der Waals surface area contributed by atoms with Gasteiger partial charge in [-0.15, -0.1) is 0 Å². The summed E-state index contributed by atoms with van der Waals surface area (Å²) >= 11 is 0.689. The van der Waals surface area contributed by atoms with Crippen LogP contribution in [0.5, 0.6) is 0 Å². The zero-order chi connectivity index (χ0) is 21.6. The van der Waals surface area contributed by atoms with Crippen LogP contribution in [0.15, 0.2) is 41.4 Å². The predicted octanol–water partition coefficient (Wildman–Crippen LogP) is 4.64. The Hall–Kier alpha value is -2.86. The molecule has 0 spiro atoms. The van der Waals surface area contributed by atoms with Crippen LogP contribution in [0.4, 0.5) is 13.2 Å². The molecule has 0 aliphatic heterocycles. The lowest BCUT2D eigenvalue weighted by molar-refractivity contribution is -0.149. The van der Waals surface area contributed by atoms with Gasteiger partial charge in [0.2, 0.25) is 0 Å². The number of rotatable bonds is 7. The quantitative estimate of drug-likeness (QED) is 0.367. The van der Waals surface area contributed by atoms with Gasteiger partial charge < -0.3 is 4.74 Å². The van der Waals surface area contributed by atoms with Crippen LogP contribution >= 0.6 is 11.8 Å². The van der Waals surface area contributed by atoms with Crippen LogP contribution in [-0.2, 0) is 20.5 Å². The van der Waals surface area contributed by atoms with Crippen molar-refractivity contribution < 1.29 is 27.5 Å². The Bertz CT molecular complexity index is 938. The first-order chi connectivity index (χ1) is 13.6. The van der Waals surface area contributed by atoms with Crippen LogP contribution in [-0.4, -0.2) is 28.6 Å². The van der Waals surface area contributed by atoms with Crippen molar-refractivity contribution in [1.29, 1.82) is 5.26 Å². The molecule has 29 heavy (non-hydrogen) atoms. The third-order valence-electron chi connectivity index (χ3n) is 3.55. The summed E-state index contributed by atoms with van der Waals surface area (Å²) in [5, 5.41) is 9.06. The van der Waals surface area contributed by atoms with Gasteiger partial charge >= 0.3 is 12.1 Å². The van der Waals surface area contributed by atoms with E-state index in [-0.39, 0.29) is 22.6 Å². The van der Waals surface area contributed by atoms with Gasteiger partial charge in [-0.2, -0.15) is 18.4 Å². The smallest absolute Gasteiger partial charge is 0.417 e. The number of carbonyl (C=O) groups excluding carboxylic acids is 2. The molecule has 1 aromatic carbocycles. The van der Waals surface area contributed by atoms with E-state index in [1.807, 2.05) is 0 Å². The highest BCUT2D eigenvalue weighted by atomic mass is 32.2. The lowest BCUT2D eigenvalue weighted by Crippen LogP contribution is -2.17. The molecule has 0 N–H and O–H groups in total. The molecular formula is C20H17F3N2O3S. The average molecular weight is 422 g/mol. The van der Waals surface area contributed by atoms with Crippen LogP contribution in [0, 0.1) is 11.3 Å². The number of thioether (sulfide) groups is 1. The minimum absolute atomic E-state index is 0.0334. The third-order valence-corrected chi connectivity index (χ3v) is 4.59. The Balaban J connectivity index is 2.34. The maximum Gasteiger partial charge on any atom is 0.417 e. The molecule has 0 atom stereocenters. The summed E-state index contributed by atoms with van der Waals surface area (Å²) in [6, 6.07) is 10.6. The van der Waals surface area contributed by atoms with Crippen LogP contribution in [0.1, 0.15) is 31.4 Å². The molecule has 0 saturated carbocycles. The van der Waals surface area contributed by atoms with E-state index in [9.17, 15) is 28.0 Å². The average Bonchev–Trinajstić information content (AvgIpc) is 2.64. The summed E-state index contributed by atoms with van der Waals surface area (Å²) in [5.41, 5.74) is -1.30. The maximum atomic E-state index is 13.5. The lowest BCUT2D eigenvalue weighted by Gasteiger charge is -2.14. The lowest BCUT2D eigenvalue weighted by atomic mass is 10.1. The van der Waals surface area contributed by atoms with E-state index in [1.54, 1.807) is 44.2 Å². The number of hydrogen-bond acceptors (Lipinski definition) is 6. The third kappa shape index (κ3) is 6.32. The van der Waals surface area contributed by atoms with Crippen molar-refractivity contribution in [3.8, 4) is 17.3 Å². The van der Waals surface area contributed by atoms with E-state index in [0.29, 0.717) is 17.3 Å². The van der Waals surface area contributed by atoms with Crippen LogP contribution in [0.3, 0.4) is 0 Å². The number of esters is 1. The number of hydrogen-bond donors (Lipinski definition) is 0. The highest BCUT2D eigenvalue weighted by Crippen LogP contribution is 2.37. The van der Waals surface area contributed by atoms with E-state index in [0.717, 1.165) is 6.07 Å². The van der Waals surface area contributed by atoms with E-state index >= 15 is 0 Å². The Morgan fingerprint density at radius 2 is 1.90 bits per heavy atom. The molecule has 0 bridgehead atoms. The van der Waals surface area contributed by atoms with Crippen LogP contribution in [0.2, 0.25) is 0 Å². The first-order valence-electron chi connectivity index (χ1n) is 8.53. The first kappa shape index (κ1) is 22.4. The van der Waals surface area contributed by atoms with Gasteiger partial charge in [0.05, 0.1) is 28.7 Å². The van der Waals surface area contributed by atoms with Gasteiger partial charge in [0.15, 0.2) is 5.78 Å². The minimum Gasteiger partial charge on any atom is -0.463 e. The largest absolute Gasteiger partial charge is 0.463 e. The van der Waals surface area contributed by atoms with Gasteiger partial charge in [-0.25, -0.2) is 4.98 Å². The summed E-state index contributed by atoms with van der Waals surface area (Å²) in [7, 11) is 0. The normalized spacial score (nSPS) is 11.2. The van der Waals surface area contributed by atoms with Crippen molar-refractivity contribution in [2.75, 3.05) is 5.75 Å². The fourth-order valence-corrected chi connectivity index (χ4v) is 3.24. The minimum atomic E-state index is -4.77. The fourth-order valence-electron chi connectivity index (χ4n) is 2.38. The van der Waals surface area contributed by atoms with E-state index in [1.165, 1.54) is 6.07 Å². The van der Waals surface area contributed by atoms with Crippen molar-refractivity contribution in [1.82, 2.24) is 4.98 Å². The Labute approximate surface area is 169 Å². The second-order valence-electron chi connectivity index (χ2n) is 6.25. The number of nitrogens with zero attached hydrogens (tertiary/aromatic N) is 2. The molecule has 0 aliphatic carbocycles. The van der Waals surface area contributed by atoms with E-state index in [2.05, 4.69) is 4.98 Å². The van der Waals surface area contributed by atoms with Gasteiger partial charge in [-0.1, -0.05) is 42.1 Å². The van der Waals surface area contributed by atoms with Crippen LogP contribution in [0.25, 0.3) is 11.3 Å². The number of halogens is 3. The maximum absolute atomic E-state index is 13.5. The highest BCUT2D eigenvalue weighted by molar-refractivity contribution is 8.00. The van der Waals surface area contributed by atoms with E-state index in [4.69, 9.17) is 4.74 Å². The second-order valence-corrected chi connectivity index (χ2v) is 7.22. The number of ether oxygens (including phenoxy) is 1. The number of ketones is 1. The molecule has 0 radical (unpaired) electrons. The molecule has 0 saturated heterocycles. The van der Waals surface area contributed by atoms with Gasteiger partial charge in [-0.05, 0) is 19.9 Å². The monoisotopic (exact) mass is 422 g/mol. The van der Waals surface area contributed by atoms with Crippen molar-refractivity contribution in [3.05, 3.63) is 47.5 Å². The summed E-state index contributed by atoms with van der Waals surface area (Å²) in [6.45, 7) is 3.27. The number of nitriles is 1. The molecular weight excluding hydrogens is 405 g/mol. The van der Waals surface area contributed by atoms with Crippen molar-refractivity contribution in [3.63, 3.8) is 0 Å². The van der Waals surface area contributed by atoms with Crippen LogP contribution < -0.4 is 0 Å². The summed E-state index contributed by atoms with van der Waals surface area (Å²) in [5.74, 6) is -1.57. The summed E-state index contributed by atoms with van der Waals surface area (Å²) in [6.07, 6.45) is -5.65. The Kier molecular flexibility index (Phi) is 7.40. The first-order valence-corrected chi connectivity index (χ1v) is 9.52. The number of benzene rings is 1. The molecule has 152 valence electrons. The number of alkyl halides is 3. The number of carbonyl (C=O) groups is 2. The molecule has 0 unspecified atom stereocenters. The molecule has 0 amide bonds. The second kappa shape index (κ2) is 9.56. The zero-order valence-electron chi connectivity index (χ0n) is 15.6. The molecule has 1 heterocycles. The number of pyridine rings is 1. The molecule has 0 fully saturated rings. The molecule has 0 aliphatic rings. The molecule has 2 aromatic rings. The summed E-state index contributed by atoms with van der Waals surface area (Å²) < 4.78 is 45.3. The molecule has 9 heteroatoms. The topological polar surface area (TPSA) is 80.1 Å². The van der Waals surface area contributed by atoms with Gasteiger partial charge in [-0.3, -0.25) is 9.59 Å². The van der Waals surface area contributed by atoms with Crippen molar-refractivity contribution in [2.24, 2.45) is 0 Å². The Morgan fingerprint density at radius 1 is 1.24 bits per heavy atom. The molecule has 2 rings (SSSR count). The fraction of sp³-hybridized carbons (Fsp3) is 0.300. The standard InChI is InChI=1S/C20H17F3N2O3S/c1-12(2)28-18(27)8-14(26)11-29-19-15(10-24)16(20(21,22)23)9-17(25-19)13-6-4-3-5-7-13/h3-7,9,12H,8,11H2,1-2H3. The van der Waals surface area contributed by atoms with Gasteiger partial charge in [0.25, 0.3) is 0 Å². The number of Topliss-reactive ketones (excluding diaryl/α,β-unsaturated/α-hetero) is 1. The molecule has 5 nitrogen and oxygen atoms in total. The SMILES string of the molecule is CC(C)OC(=O)CC(=O)CSc1nc(-c2ccccc2)cc(C(F)(F)F)c1C#N. The van der Waals surface area contributed by atoms with E-state index < -0.39 is 35.5 Å². The van der Waals surface area contributed by atoms with Crippen molar-refractivity contribution in [2.45, 2.75) is 37.6 Å². The zero-order valence-corrected chi connectivity index (χ0v) is 16.4. The predicted molar refractivity (Wildman–Crippen MR) is 101 cm³/mol. The van der Waals surface area contributed by atoms with Crippen molar-refractivity contribution >= 4 is 23.5 Å². The van der Waals surface area contributed by atoms with Gasteiger partial charge in [0.1, 0.15) is 17.5 Å². The molecule has 1 aromatic heterocycles. The highest BCUT2D eigenvalue weighted by Gasteiger charge is 2.36. The van der Waals surface area contributed by atoms with Gasteiger partial charge in [0, 0.05) is 5.56 Å². The number of aromatic nitrogens is 1.